The minimum Gasteiger partial charge on any atom is -0.396 e. The largest absolute Gasteiger partial charge is 0.396 e. The SMILES string of the molecule is Cc1cc(NN)nc(CSCCCO)n1. The third-order valence-electron chi connectivity index (χ3n) is 1.73. The van der Waals surface area contributed by atoms with Crippen LogP contribution in [0.25, 0.3) is 0 Å². The van der Waals surface area contributed by atoms with Crippen LogP contribution in [0.1, 0.15) is 17.9 Å². The van der Waals surface area contributed by atoms with E-state index in [9.17, 15) is 0 Å². The van der Waals surface area contributed by atoms with Crippen molar-refractivity contribution in [3.05, 3.63) is 17.6 Å². The normalized spacial score (nSPS) is 10.3. The first kappa shape index (κ1) is 12.2. The van der Waals surface area contributed by atoms with Gasteiger partial charge in [-0.3, -0.25) is 0 Å². The van der Waals surface area contributed by atoms with Crippen LogP contribution in [-0.2, 0) is 5.75 Å². The molecule has 15 heavy (non-hydrogen) atoms. The van der Waals surface area contributed by atoms with E-state index in [2.05, 4.69) is 15.4 Å². The van der Waals surface area contributed by atoms with Crippen LogP contribution < -0.4 is 11.3 Å². The molecule has 4 N–H and O–H groups in total. The van der Waals surface area contributed by atoms with Gasteiger partial charge in [-0.2, -0.15) is 11.8 Å². The summed E-state index contributed by atoms with van der Waals surface area (Å²) in [5.74, 6) is 8.35. The Morgan fingerprint density at radius 3 is 3.00 bits per heavy atom. The van der Waals surface area contributed by atoms with E-state index in [4.69, 9.17) is 10.9 Å². The molecule has 6 heteroatoms. The first-order chi connectivity index (χ1) is 7.26. The summed E-state index contributed by atoms with van der Waals surface area (Å²) in [5.41, 5.74) is 3.41. The second kappa shape index (κ2) is 6.60. The number of nitrogens with zero attached hydrogens (tertiary/aromatic N) is 2. The molecule has 5 nitrogen and oxygen atoms in total. The molecule has 1 rings (SSSR count). The zero-order chi connectivity index (χ0) is 11.1. The monoisotopic (exact) mass is 228 g/mol. The summed E-state index contributed by atoms with van der Waals surface area (Å²) >= 11 is 1.71. The van der Waals surface area contributed by atoms with Gasteiger partial charge in [0.25, 0.3) is 0 Å². The standard InChI is InChI=1S/C9H16N4OS/c1-7-5-8(13-10)12-9(11-7)6-15-4-2-3-14/h5,14H,2-4,6,10H2,1H3,(H,11,12,13). The maximum absolute atomic E-state index is 8.62. The van der Waals surface area contributed by atoms with Crippen molar-refractivity contribution in [1.82, 2.24) is 9.97 Å². The molecule has 84 valence electrons. The molecule has 0 aromatic carbocycles. The van der Waals surface area contributed by atoms with Gasteiger partial charge in [-0.25, -0.2) is 15.8 Å². The Balaban J connectivity index is 2.49. The van der Waals surface area contributed by atoms with Crippen molar-refractivity contribution in [2.45, 2.75) is 19.1 Å². The predicted molar refractivity (Wildman–Crippen MR) is 62.4 cm³/mol. The maximum Gasteiger partial charge on any atom is 0.143 e. The Kier molecular flexibility index (Phi) is 5.38. The summed E-state index contributed by atoms with van der Waals surface area (Å²) < 4.78 is 0. The van der Waals surface area contributed by atoms with Crippen molar-refractivity contribution in [3.8, 4) is 0 Å². The Morgan fingerprint density at radius 1 is 1.53 bits per heavy atom. The minimum absolute atomic E-state index is 0.233. The molecule has 0 aliphatic rings. The number of nitrogen functional groups attached to an aromatic ring is 1. The van der Waals surface area contributed by atoms with Gasteiger partial charge in [-0.1, -0.05) is 0 Å². The van der Waals surface area contributed by atoms with E-state index in [0.717, 1.165) is 29.4 Å². The number of aryl methyl sites for hydroxylation is 1. The zero-order valence-corrected chi connectivity index (χ0v) is 9.55. The molecule has 0 atom stereocenters. The van der Waals surface area contributed by atoms with Crippen molar-refractivity contribution in [1.29, 1.82) is 0 Å². The van der Waals surface area contributed by atoms with E-state index in [0.29, 0.717) is 5.82 Å². The number of nitrogens with two attached hydrogens (primary N) is 1. The fourth-order valence-corrected chi connectivity index (χ4v) is 1.89. The number of aliphatic hydroxyl groups excluding tert-OH is 1. The first-order valence-corrected chi connectivity index (χ1v) is 5.91. The van der Waals surface area contributed by atoms with Gasteiger partial charge in [0.1, 0.15) is 11.6 Å². The van der Waals surface area contributed by atoms with Crippen LogP contribution in [0.4, 0.5) is 5.82 Å². The Labute approximate surface area is 93.5 Å². The van der Waals surface area contributed by atoms with Crippen LogP contribution in [0, 0.1) is 6.92 Å². The Morgan fingerprint density at radius 2 is 2.33 bits per heavy atom. The van der Waals surface area contributed by atoms with E-state index >= 15 is 0 Å². The zero-order valence-electron chi connectivity index (χ0n) is 8.73. The third kappa shape index (κ3) is 4.46. The predicted octanol–water partition coefficient (Wildman–Crippen LogP) is 0.686. The number of hydrazine groups is 1. The fourth-order valence-electron chi connectivity index (χ4n) is 1.10. The number of aromatic nitrogens is 2. The van der Waals surface area contributed by atoms with Gasteiger partial charge in [0.15, 0.2) is 0 Å². The molecule has 0 saturated carbocycles. The minimum atomic E-state index is 0.233. The van der Waals surface area contributed by atoms with Gasteiger partial charge in [0, 0.05) is 18.4 Å². The number of aliphatic hydroxyl groups is 1. The van der Waals surface area contributed by atoms with Crippen LogP contribution in [0.15, 0.2) is 6.07 Å². The molecule has 0 aliphatic heterocycles. The van der Waals surface area contributed by atoms with Gasteiger partial charge in [-0.05, 0) is 19.1 Å². The van der Waals surface area contributed by atoms with Crippen molar-refractivity contribution < 1.29 is 5.11 Å². The van der Waals surface area contributed by atoms with E-state index in [-0.39, 0.29) is 6.61 Å². The molecule has 0 fully saturated rings. The highest BCUT2D eigenvalue weighted by Crippen LogP contribution is 2.12. The van der Waals surface area contributed by atoms with Gasteiger partial charge >= 0.3 is 0 Å². The maximum atomic E-state index is 8.62. The number of rotatable bonds is 6. The van der Waals surface area contributed by atoms with Crippen LogP contribution in [0.5, 0.6) is 0 Å². The quantitative estimate of drug-likeness (QED) is 0.377. The number of thioether (sulfide) groups is 1. The molecule has 1 heterocycles. The lowest BCUT2D eigenvalue weighted by Crippen LogP contribution is -2.10. The summed E-state index contributed by atoms with van der Waals surface area (Å²) in [6.07, 6.45) is 0.804. The summed E-state index contributed by atoms with van der Waals surface area (Å²) in [6, 6.07) is 1.79. The van der Waals surface area contributed by atoms with E-state index in [1.807, 2.05) is 6.92 Å². The molecule has 0 spiro atoms. The number of anilines is 1. The number of hydrogen-bond acceptors (Lipinski definition) is 6. The van der Waals surface area contributed by atoms with Gasteiger partial charge in [-0.15, -0.1) is 0 Å². The summed E-state index contributed by atoms with van der Waals surface area (Å²) in [6.45, 7) is 2.14. The van der Waals surface area contributed by atoms with Crippen LogP contribution in [0.3, 0.4) is 0 Å². The molecule has 1 aromatic heterocycles. The lowest BCUT2D eigenvalue weighted by atomic mass is 10.4. The van der Waals surface area contributed by atoms with Gasteiger partial charge in [0.05, 0.1) is 5.75 Å². The topological polar surface area (TPSA) is 84.1 Å². The average molecular weight is 228 g/mol. The Hall–Kier alpha value is -0.850. The summed E-state index contributed by atoms with van der Waals surface area (Å²) in [5, 5.41) is 8.62. The molecular formula is C9H16N4OS. The molecule has 0 radical (unpaired) electrons. The highest BCUT2D eigenvalue weighted by atomic mass is 32.2. The lowest BCUT2D eigenvalue weighted by molar-refractivity contribution is 0.296. The van der Waals surface area contributed by atoms with E-state index < -0.39 is 0 Å². The average Bonchev–Trinajstić information content (AvgIpc) is 2.23. The molecular weight excluding hydrogens is 212 g/mol. The first-order valence-electron chi connectivity index (χ1n) is 4.76. The molecule has 1 aromatic rings. The van der Waals surface area contributed by atoms with Crippen molar-refractivity contribution in [2.75, 3.05) is 17.8 Å². The van der Waals surface area contributed by atoms with Crippen molar-refractivity contribution >= 4 is 17.6 Å². The van der Waals surface area contributed by atoms with Gasteiger partial charge < -0.3 is 10.5 Å². The summed E-state index contributed by atoms with van der Waals surface area (Å²) in [7, 11) is 0. The molecule has 0 unspecified atom stereocenters. The van der Waals surface area contributed by atoms with Crippen LogP contribution in [0.2, 0.25) is 0 Å². The highest BCUT2D eigenvalue weighted by molar-refractivity contribution is 7.98. The van der Waals surface area contributed by atoms with Crippen LogP contribution in [-0.4, -0.2) is 27.4 Å². The Bertz CT molecular complexity index is 308. The second-order valence-corrected chi connectivity index (χ2v) is 4.19. The molecule has 0 bridgehead atoms. The highest BCUT2D eigenvalue weighted by Gasteiger charge is 2.01. The molecule has 0 aliphatic carbocycles. The van der Waals surface area contributed by atoms with Crippen molar-refractivity contribution in [2.24, 2.45) is 5.84 Å². The second-order valence-electron chi connectivity index (χ2n) is 3.08. The molecule has 0 saturated heterocycles. The van der Waals surface area contributed by atoms with Crippen molar-refractivity contribution in [3.63, 3.8) is 0 Å². The fraction of sp³-hybridized carbons (Fsp3) is 0.556. The van der Waals surface area contributed by atoms with E-state index in [1.165, 1.54) is 0 Å². The third-order valence-corrected chi connectivity index (χ3v) is 2.77. The van der Waals surface area contributed by atoms with Crippen LogP contribution >= 0.6 is 11.8 Å². The lowest BCUT2D eigenvalue weighted by Gasteiger charge is -2.04. The number of nitrogens with one attached hydrogen (secondary N) is 1. The number of hydrogen-bond donors (Lipinski definition) is 3. The molecule has 0 amide bonds. The van der Waals surface area contributed by atoms with E-state index in [1.54, 1.807) is 17.8 Å². The van der Waals surface area contributed by atoms with Gasteiger partial charge in [0.2, 0.25) is 0 Å². The smallest absolute Gasteiger partial charge is 0.143 e. The summed E-state index contributed by atoms with van der Waals surface area (Å²) in [4.78, 5) is 8.51.